The average molecular weight is 551 g/mol. The molecule has 2 aliphatic heterocycles. The highest BCUT2D eigenvalue weighted by molar-refractivity contribution is 6.19. The van der Waals surface area contributed by atoms with E-state index in [1.807, 2.05) is 53.4 Å². The molecule has 4 aromatic rings. The molecule has 1 saturated heterocycles. The van der Waals surface area contributed by atoms with Crippen LogP contribution in [0.1, 0.15) is 16.7 Å². The van der Waals surface area contributed by atoms with Crippen LogP contribution in [0.5, 0.6) is 0 Å². The number of anilines is 2. The van der Waals surface area contributed by atoms with Crippen molar-refractivity contribution in [2.45, 2.75) is 6.17 Å². The summed E-state index contributed by atoms with van der Waals surface area (Å²) in [6.45, 7) is 2.16. The van der Waals surface area contributed by atoms with Gasteiger partial charge in [-0.05, 0) is 12.1 Å². The van der Waals surface area contributed by atoms with Gasteiger partial charge in [-0.25, -0.2) is 14.7 Å². The van der Waals surface area contributed by atoms with Crippen LogP contribution in [0.15, 0.2) is 89.2 Å². The van der Waals surface area contributed by atoms with Gasteiger partial charge in [0.05, 0.1) is 30.2 Å². The number of benzodiazepines with no additional fused rings is 1. The first-order valence-electron chi connectivity index (χ1n) is 12.9. The predicted octanol–water partition coefficient (Wildman–Crippen LogP) is 1.97. The summed E-state index contributed by atoms with van der Waals surface area (Å²) in [4.78, 5) is 33.0. The summed E-state index contributed by atoms with van der Waals surface area (Å²) < 4.78 is 12.6. The number of para-hydroxylation sites is 1. The Morgan fingerprint density at radius 2 is 1.88 bits per heavy atom. The Morgan fingerprint density at radius 3 is 2.66 bits per heavy atom. The Kier molecular flexibility index (Phi) is 7.15. The molecule has 0 unspecified atom stereocenters. The zero-order valence-corrected chi connectivity index (χ0v) is 21.8. The lowest BCUT2D eigenvalue weighted by Gasteiger charge is -2.29. The van der Waals surface area contributed by atoms with Gasteiger partial charge < -0.3 is 25.4 Å². The summed E-state index contributed by atoms with van der Waals surface area (Å²) in [6, 6.07) is 18.2. The first-order chi connectivity index (χ1) is 20.1. The normalized spacial score (nSPS) is 17.2. The maximum absolute atomic E-state index is 13.1. The van der Waals surface area contributed by atoms with Crippen molar-refractivity contribution in [3.8, 4) is 5.95 Å². The van der Waals surface area contributed by atoms with Crippen LogP contribution in [0, 0.1) is 5.41 Å². The number of nitrogens with two attached hydrogens (primary N) is 1. The van der Waals surface area contributed by atoms with E-state index in [9.17, 15) is 4.79 Å². The number of rotatable bonds is 5. The summed E-state index contributed by atoms with van der Waals surface area (Å²) in [5, 5.41) is 15.7. The molecule has 1 amide bonds. The van der Waals surface area contributed by atoms with Gasteiger partial charge in [0, 0.05) is 42.8 Å². The number of hydrogen-bond donors (Lipinski definition) is 3. The molecular formula is C28H26N10O3. The fraction of sp³-hybridized carbons (Fsp3) is 0.179. The van der Waals surface area contributed by atoms with Gasteiger partial charge in [0.1, 0.15) is 5.82 Å². The van der Waals surface area contributed by atoms with Crippen molar-refractivity contribution >= 4 is 35.0 Å². The zero-order valence-electron chi connectivity index (χ0n) is 21.8. The lowest BCUT2D eigenvalue weighted by molar-refractivity contribution is -0.117. The van der Waals surface area contributed by atoms with Crippen molar-refractivity contribution in [2.75, 3.05) is 36.5 Å². The largest absolute Gasteiger partial charge is 0.407 e. The standard InChI is InChI=1S/C28H26N10O3/c29-23(20-17-31-28(38-12-6-11-32-38)36-25(20)37-13-15-40-16-14-37)41-27(30)35-24-26(39)33-21-10-5-4-9-19(21)22(34-24)18-7-2-1-3-8-18/h1-12,17,24,29H,13-16H2,(H2,30,35)(H,33,39)/t24-/m1/s1. The second-order valence-electron chi connectivity index (χ2n) is 9.11. The Balaban J connectivity index is 1.30. The molecule has 2 aliphatic rings. The van der Waals surface area contributed by atoms with Gasteiger partial charge >= 0.3 is 0 Å². The van der Waals surface area contributed by atoms with Crippen LogP contribution in [0.3, 0.4) is 0 Å². The van der Waals surface area contributed by atoms with E-state index in [1.54, 1.807) is 24.5 Å². The third kappa shape index (κ3) is 5.51. The van der Waals surface area contributed by atoms with E-state index in [0.29, 0.717) is 55.0 Å². The number of amides is 1. The maximum Gasteiger partial charge on any atom is 0.291 e. The summed E-state index contributed by atoms with van der Waals surface area (Å²) in [6.07, 6.45) is 3.58. The van der Waals surface area contributed by atoms with Crippen LogP contribution < -0.4 is 16.0 Å². The quantitative estimate of drug-likeness (QED) is 0.250. The molecule has 6 rings (SSSR count). The minimum atomic E-state index is -1.25. The number of fused-ring (bicyclic) bond motifs is 1. The lowest BCUT2D eigenvalue weighted by atomic mass is 10.0. The number of aromatic nitrogens is 4. The van der Waals surface area contributed by atoms with E-state index in [4.69, 9.17) is 20.6 Å². The molecular weight excluding hydrogens is 524 g/mol. The van der Waals surface area contributed by atoms with Crippen LogP contribution >= 0.6 is 0 Å². The molecule has 0 saturated carbocycles. The maximum atomic E-state index is 13.1. The van der Waals surface area contributed by atoms with Crippen molar-refractivity contribution in [3.05, 3.63) is 95.9 Å². The molecule has 4 N–H and O–H groups in total. The number of amidine groups is 1. The van der Waals surface area contributed by atoms with Crippen molar-refractivity contribution in [2.24, 2.45) is 15.7 Å². The second kappa shape index (κ2) is 11.4. The van der Waals surface area contributed by atoms with Crippen LogP contribution in [-0.4, -0.2) is 75.8 Å². The first kappa shape index (κ1) is 25.8. The van der Waals surface area contributed by atoms with E-state index in [1.165, 1.54) is 10.9 Å². The zero-order chi connectivity index (χ0) is 28.2. The Hall–Kier alpha value is -5.43. The van der Waals surface area contributed by atoms with Gasteiger partial charge in [-0.3, -0.25) is 10.2 Å². The molecule has 4 heterocycles. The third-order valence-electron chi connectivity index (χ3n) is 6.45. The molecule has 0 spiro atoms. The third-order valence-corrected chi connectivity index (χ3v) is 6.45. The number of carbonyl (C=O) groups excluding carboxylic acids is 1. The number of hydrogen-bond acceptors (Lipinski definition) is 10. The molecule has 1 fully saturated rings. The molecule has 1 atom stereocenters. The van der Waals surface area contributed by atoms with Gasteiger partial charge in [0.2, 0.25) is 12.1 Å². The van der Waals surface area contributed by atoms with E-state index in [0.717, 1.165) is 11.1 Å². The molecule has 0 aliphatic carbocycles. The number of benzene rings is 2. The summed E-state index contributed by atoms with van der Waals surface area (Å²) in [5.41, 5.74) is 9.18. The Morgan fingerprint density at radius 1 is 1.10 bits per heavy atom. The molecule has 41 heavy (non-hydrogen) atoms. The topological polar surface area (TPSA) is 169 Å². The van der Waals surface area contributed by atoms with Crippen LogP contribution in [0.25, 0.3) is 5.95 Å². The molecule has 0 bridgehead atoms. The van der Waals surface area contributed by atoms with Crippen molar-refractivity contribution in [1.82, 2.24) is 19.7 Å². The van der Waals surface area contributed by atoms with E-state index >= 15 is 0 Å². The van der Waals surface area contributed by atoms with Crippen LogP contribution in [0.2, 0.25) is 0 Å². The smallest absolute Gasteiger partial charge is 0.291 e. The number of aliphatic imine (C=N–C) groups is 2. The molecule has 206 valence electrons. The number of carbonyl (C=O) groups is 1. The predicted molar refractivity (Wildman–Crippen MR) is 153 cm³/mol. The highest BCUT2D eigenvalue weighted by Gasteiger charge is 2.27. The Bertz CT molecular complexity index is 1630. The molecule has 2 aromatic heterocycles. The van der Waals surface area contributed by atoms with Gasteiger partial charge in [-0.15, -0.1) is 0 Å². The van der Waals surface area contributed by atoms with Gasteiger partial charge in [-0.1, -0.05) is 48.5 Å². The van der Waals surface area contributed by atoms with E-state index in [-0.39, 0.29) is 5.90 Å². The first-order valence-corrected chi connectivity index (χ1v) is 12.9. The van der Waals surface area contributed by atoms with Gasteiger partial charge in [0.15, 0.2) is 0 Å². The number of nitrogens with one attached hydrogen (secondary N) is 2. The highest BCUT2D eigenvalue weighted by Crippen LogP contribution is 2.25. The fourth-order valence-electron chi connectivity index (χ4n) is 4.50. The number of nitrogens with zero attached hydrogens (tertiary/aromatic N) is 7. The van der Waals surface area contributed by atoms with Crippen molar-refractivity contribution in [1.29, 1.82) is 5.41 Å². The van der Waals surface area contributed by atoms with Crippen molar-refractivity contribution < 1.29 is 14.3 Å². The summed E-state index contributed by atoms with van der Waals surface area (Å²) in [7, 11) is 0. The van der Waals surface area contributed by atoms with E-state index in [2.05, 4.69) is 30.4 Å². The van der Waals surface area contributed by atoms with Crippen molar-refractivity contribution in [3.63, 3.8) is 0 Å². The minimum absolute atomic E-state index is 0.298. The van der Waals surface area contributed by atoms with Crippen LogP contribution in [0.4, 0.5) is 11.5 Å². The average Bonchev–Trinajstić information content (AvgIpc) is 3.51. The summed E-state index contributed by atoms with van der Waals surface area (Å²) in [5.74, 6) is -0.00231. The lowest BCUT2D eigenvalue weighted by Crippen LogP contribution is -2.38. The number of ether oxygens (including phenoxy) is 2. The minimum Gasteiger partial charge on any atom is -0.407 e. The van der Waals surface area contributed by atoms with Gasteiger partial charge in [-0.2, -0.15) is 15.1 Å². The molecule has 13 nitrogen and oxygen atoms in total. The van der Waals surface area contributed by atoms with Crippen LogP contribution in [-0.2, 0) is 14.3 Å². The Labute approximate surface area is 234 Å². The fourth-order valence-corrected chi connectivity index (χ4v) is 4.50. The van der Waals surface area contributed by atoms with E-state index < -0.39 is 18.1 Å². The monoisotopic (exact) mass is 550 g/mol. The number of morpholine rings is 1. The SMILES string of the molecule is N=C(OC(N)=N[C@H]1N=C(c2ccccc2)c2ccccc2NC1=O)c1cnc(-n2cccn2)nc1N1CCOCC1. The molecule has 13 heteroatoms. The second-order valence-corrected chi connectivity index (χ2v) is 9.11. The molecule has 0 radical (unpaired) electrons. The van der Waals surface area contributed by atoms with Gasteiger partial charge in [0.25, 0.3) is 17.9 Å². The highest BCUT2D eigenvalue weighted by atomic mass is 16.5. The molecule has 2 aromatic carbocycles. The summed E-state index contributed by atoms with van der Waals surface area (Å²) >= 11 is 0.